The summed E-state index contributed by atoms with van der Waals surface area (Å²) >= 11 is 1.17. The van der Waals surface area contributed by atoms with Crippen LogP contribution in [0.1, 0.15) is 18.3 Å². The fourth-order valence-corrected chi connectivity index (χ4v) is 2.69. The Morgan fingerprint density at radius 1 is 1.36 bits per heavy atom. The predicted molar refractivity (Wildman–Crippen MR) is 91.8 cm³/mol. The zero-order valence-corrected chi connectivity index (χ0v) is 15.0. The normalized spacial score (nSPS) is 10.6. The highest BCUT2D eigenvalue weighted by Gasteiger charge is 2.15. The van der Waals surface area contributed by atoms with Gasteiger partial charge in [-0.3, -0.25) is 9.59 Å². The van der Waals surface area contributed by atoms with E-state index in [0.29, 0.717) is 28.8 Å². The second-order valence-electron chi connectivity index (χ2n) is 5.24. The van der Waals surface area contributed by atoms with Gasteiger partial charge >= 0.3 is 5.97 Å². The molecule has 0 saturated carbocycles. The van der Waals surface area contributed by atoms with E-state index >= 15 is 0 Å². The van der Waals surface area contributed by atoms with Gasteiger partial charge in [0.05, 0.1) is 12.4 Å². The Morgan fingerprint density at radius 3 is 2.80 bits per heavy atom. The highest BCUT2D eigenvalue weighted by atomic mass is 32.2. The first-order chi connectivity index (χ1) is 11.9. The van der Waals surface area contributed by atoms with Crippen molar-refractivity contribution in [2.24, 2.45) is 7.05 Å². The third kappa shape index (κ3) is 5.28. The summed E-state index contributed by atoms with van der Waals surface area (Å²) in [5, 5.41) is 11.0. The molecule has 134 valence electrons. The van der Waals surface area contributed by atoms with E-state index in [1.165, 1.54) is 17.8 Å². The Kier molecular flexibility index (Phi) is 6.51. The molecular formula is C16H19FN4O3S. The molecule has 0 aliphatic rings. The minimum atomic E-state index is -0.381. The lowest BCUT2D eigenvalue weighted by molar-refractivity contribution is -0.142. The van der Waals surface area contributed by atoms with Gasteiger partial charge in [-0.05, 0) is 31.5 Å². The lowest BCUT2D eigenvalue weighted by Crippen LogP contribution is -2.15. The van der Waals surface area contributed by atoms with E-state index in [2.05, 4.69) is 15.5 Å². The Morgan fingerprint density at radius 2 is 2.12 bits per heavy atom. The molecule has 1 amide bonds. The zero-order valence-electron chi connectivity index (χ0n) is 14.2. The van der Waals surface area contributed by atoms with E-state index in [4.69, 9.17) is 4.74 Å². The molecule has 1 N–H and O–H groups in total. The van der Waals surface area contributed by atoms with Crippen LogP contribution in [-0.4, -0.2) is 39.0 Å². The number of hydrogen-bond donors (Lipinski definition) is 1. The second-order valence-corrected chi connectivity index (χ2v) is 6.18. The number of anilines is 1. The van der Waals surface area contributed by atoms with Crippen molar-refractivity contribution in [3.8, 4) is 0 Å². The number of benzene rings is 1. The van der Waals surface area contributed by atoms with E-state index < -0.39 is 0 Å². The monoisotopic (exact) mass is 366 g/mol. The first-order valence-electron chi connectivity index (χ1n) is 7.63. The van der Waals surface area contributed by atoms with Crippen LogP contribution in [0.15, 0.2) is 23.4 Å². The van der Waals surface area contributed by atoms with Crippen LogP contribution in [0.4, 0.5) is 10.1 Å². The number of thioether (sulfide) groups is 1. The quantitative estimate of drug-likeness (QED) is 0.597. The van der Waals surface area contributed by atoms with Gasteiger partial charge in [0.25, 0.3) is 0 Å². The fourth-order valence-electron chi connectivity index (χ4n) is 1.96. The van der Waals surface area contributed by atoms with Crippen LogP contribution in [0.2, 0.25) is 0 Å². The highest BCUT2D eigenvalue weighted by Crippen LogP contribution is 2.18. The molecule has 0 aliphatic heterocycles. The first-order valence-corrected chi connectivity index (χ1v) is 8.62. The summed E-state index contributed by atoms with van der Waals surface area (Å²) in [6.45, 7) is 3.69. The summed E-state index contributed by atoms with van der Waals surface area (Å²) < 4.78 is 20.0. The minimum absolute atomic E-state index is 0.0206. The topological polar surface area (TPSA) is 86.1 Å². The number of aromatic nitrogens is 3. The summed E-state index contributed by atoms with van der Waals surface area (Å²) in [5.41, 5.74) is 0.912. The third-order valence-corrected chi connectivity index (χ3v) is 4.34. The Balaban J connectivity index is 1.90. The maximum atomic E-state index is 13.5. The molecule has 0 fully saturated rings. The number of carbonyl (C=O) groups excluding carboxylic acids is 2. The molecule has 0 bridgehead atoms. The number of halogens is 1. The van der Waals surface area contributed by atoms with Crippen LogP contribution >= 0.6 is 11.8 Å². The minimum Gasteiger partial charge on any atom is -0.466 e. The Labute approximate surface area is 149 Å². The Bertz CT molecular complexity index is 779. The highest BCUT2D eigenvalue weighted by molar-refractivity contribution is 7.99. The van der Waals surface area contributed by atoms with Crippen molar-refractivity contribution >= 4 is 29.3 Å². The summed E-state index contributed by atoms with van der Waals surface area (Å²) in [4.78, 5) is 23.5. The molecule has 2 rings (SSSR count). The molecule has 1 aromatic carbocycles. The molecule has 2 aromatic rings. The van der Waals surface area contributed by atoms with E-state index in [0.717, 1.165) is 0 Å². The van der Waals surface area contributed by atoms with Crippen LogP contribution in [-0.2, 0) is 27.8 Å². The van der Waals surface area contributed by atoms with Gasteiger partial charge < -0.3 is 14.6 Å². The van der Waals surface area contributed by atoms with Gasteiger partial charge in [-0.1, -0.05) is 17.8 Å². The number of aryl methyl sites for hydroxylation is 1. The van der Waals surface area contributed by atoms with Crippen LogP contribution in [0.5, 0.6) is 0 Å². The van der Waals surface area contributed by atoms with Crippen molar-refractivity contribution in [1.29, 1.82) is 0 Å². The van der Waals surface area contributed by atoms with Crippen LogP contribution in [0.25, 0.3) is 0 Å². The number of esters is 1. The average molecular weight is 366 g/mol. The molecule has 7 nitrogen and oxygen atoms in total. The van der Waals surface area contributed by atoms with Gasteiger partial charge in [-0.25, -0.2) is 4.39 Å². The van der Waals surface area contributed by atoms with Gasteiger partial charge in [0.15, 0.2) is 5.16 Å². The van der Waals surface area contributed by atoms with Crippen molar-refractivity contribution in [2.45, 2.75) is 25.4 Å². The number of carbonyl (C=O) groups is 2. The largest absolute Gasteiger partial charge is 0.466 e. The SMILES string of the molecule is CCOC(=O)Cc1nnc(SCC(=O)Nc2ccc(C)c(F)c2)n1C. The molecule has 0 aliphatic carbocycles. The molecule has 0 radical (unpaired) electrons. The molecule has 0 atom stereocenters. The maximum Gasteiger partial charge on any atom is 0.313 e. The van der Waals surface area contributed by atoms with Crippen LogP contribution in [0.3, 0.4) is 0 Å². The van der Waals surface area contributed by atoms with E-state index in [1.807, 2.05) is 0 Å². The number of ether oxygens (including phenoxy) is 1. The van der Waals surface area contributed by atoms with Crippen LogP contribution < -0.4 is 5.32 Å². The summed E-state index contributed by atoms with van der Waals surface area (Å²) in [6, 6.07) is 4.51. The van der Waals surface area contributed by atoms with Crippen LogP contribution in [0, 0.1) is 12.7 Å². The Hall–Kier alpha value is -2.42. The molecule has 1 heterocycles. The number of hydrogen-bond acceptors (Lipinski definition) is 6. The molecule has 0 spiro atoms. The van der Waals surface area contributed by atoms with Crippen molar-refractivity contribution in [3.63, 3.8) is 0 Å². The summed E-state index contributed by atoms with van der Waals surface area (Å²) in [7, 11) is 1.71. The molecule has 0 saturated heterocycles. The van der Waals surface area contributed by atoms with Gasteiger partial charge in [0.2, 0.25) is 5.91 Å². The van der Waals surface area contributed by atoms with Gasteiger partial charge in [-0.15, -0.1) is 10.2 Å². The summed E-state index contributed by atoms with van der Waals surface area (Å²) in [6.07, 6.45) is 0.0206. The smallest absolute Gasteiger partial charge is 0.313 e. The summed E-state index contributed by atoms with van der Waals surface area (Å²) in [5.74, 6) is -0.498. The molecule has 0 unspecified atom stereocenters. The second kappa shape index (κ2) is 8.61. The predicted octanol–water partition coefficient (Wildman–Crippen LogP) is 2.10. The van der Waals surface area contributed by atoms with E-state index in [9.17, 15) is 14.0 Å². The molecule has 25 heavy (non-hydrogen) atoms. The van der Waals surface area contributed by atoms with Crippen molar-refractivity contribution in [1.82, 2.24) is 14.8 Å². The van der Waals surface area contributed by atoms with Gasteiger partial charge in [0.1, 0.15) is 18.1 Å². The lowest BCUT2D eigenvalue weighted by Gasteiger charge is -2.06. The van der Waals surface area contributed by atoms with E-state index in [1.54, 1.807) is 37.6 Å². The van der Waals surface area contributed by atoms with Gasteiger partial charge in [0, 0.05) is 12.7 Å². The van der Waals surface area contributed by atoms with Crippen molar-refractivity contribution in [3.05, 3.63) is 35.4 Å². The number of rotatable bonds is 7. The first kappa shape index (κ1) is 18.9. The standard InChI is InChI=1S/C16H19FN4O3S/c1-4-24-15(23)8-13-19-20-16(21(13)3)25-9-14(22)18-11-6-5-10(2)12(17)7-11/h5-7H,4,8-9H2,1-3H3,(H,18,22). The maximum absolute atomic E-state index is 13.5. The fraction of sp³-hybridized carbons (Fsp3) is 0.375. The van der Waals surface area contributed by atoms with Gasteiger partial charge in [-0.2, -0.15) is 0 Å². The zero-order chi connectivity index (χ0) is 18.4. The lowest BCUT2D eigenvalue weighted by atomic mass is 10.2. The third-order valence-electron chi connectivity index (χ3n) is 3.32. The number of nitrogens with zero attached hydrogens (tertiary/aromatic N) is 3. The molecule has 9 heteroatoms. The molecule has 1 aromatic heterocycles. The number of amides is 1. The van der Waals surface area contributed by atoms with Crippen molar-refractivity contribution in [2.75, 3.05) is 17.7 Å². The van der Waals surface area contributed by atoms with Crippen molar-refractivity contribution < 1.29 is 18.7 Å². The number of nitrogens with one attached hydrogen (secondary N) is 1. The van der Waals surface area contributed by atoms with E-state index in [-0.39, 0.29) is 29.9 Å². The molecular weight excluding hydrogens is 347 g/mol. The average Bonchev–Trinajstić information content (AvgIpc) is 2.89.